The van der Waals surface area contributed by atoms with Crippen molar-refractivity contribution >= 4 is 136 Å². The zero-order valence-electron chi connectivity index (χ0n) is 15.9. The summed E-state index contributed by atoms with van der Waals surface area (Å²) in [6.07, 6.45) is 0.947. The number of hydrogen-bond acceptors (Lipinski definition) is 0. The van der Waals surface area contributed by atoms with Gasteiger partial charge in [0.25, 0.3) is 0 Å². The Kier molecular flexibility index (Phi) is 9.27. The fraction of sp³-hybridized carbons (Fsp3) is 0.0400. The van der Waals surface area contributed by atoms with Gasteiger partial charge in [0.1, 0.15) is 0 Å². The van der Waals surface area contributed by atoms with E-state index in [2.05, 4.69) is 208 Å². The first-order valence-electron chi connectivity index (χ1n) is 9.31. The van der Waals surface area contributed by atoms with E-state index in [1.54, 1.807) is 0 Å². The van der Waals surface area contributed by atoms with Crippen LogP contribution >= 0.6 is 136 Å². The average Bonchev–Trinajstić information content (AvgIpc) is 2.71. The van der Waals surface area contributed by atoms with Crippen LogP contribution in [0.4, 0.5) is 0 Å². The van der Waals surface area contributed by atoms with Crippen molar-refractivity contribution in [3.05, 3.63) is 105 Å². The maximum atomic E-state index is 2.49. The van der Waals surface area contributed by atoms with E-state index in [1.165, 1.54) is 54.8 Å². The molecule has 0 N–H and O–H groups in total. The molecule has 0 aliphatic carbocycles. The zero-order valence-corrected chi connectivity index (χ0v) is 28.8. The third-order valence-electron chi connectivity index (χ3n) is 4.99. The third kappa shape index (κ3) is 5.92. The van der Waals surface area contributed by atoms with Crippen LogP contribution in [0, 0.1) is 21.4 Å². The first-order valence-corrected chi connectivity index (χ1v) is 15.8. The maximum absolute atomic E-state index is 2.49. The highest BCUT2D eigenvalue weighted by Gasteiger charge is 2.13. The molecule has 4 rings (SSSR count). The lowest BCUT2D eigenvalue weighted by Gasteiger charge is -2.13. The summed E-state index contributed by atoms with van der Waals surface area (Å²) in [6, 6.07) is 26.7. The van der Waals surface area contributed by atoms with Gasteiger partial charge in [-0.15, -0.1) is 0 Å². The van der Waals surface area contributed by atoms with Crippen molar-refractivity contribution in [1.82, 2.24) is 0 Å². The summed E-state index contributed by atoms with van der Waals surface area (Å²) in [5.41, 5.74) is 8.00. The molecule has 0 aliphatic heterocycles. The molecule has 4 aromatic carbocycles. The van der Waals surface area contributed by atoms with Gasteiger partial charge in [-0.3, -0.25) is 0 Å². The summed E-state index contributed by atoms with van der Waals surface area (Å²) in [5.74, 6) is 0. The molecular weight excluding hydrogens is 1060 g/mol. The summed E-state index contributed by atoms with van der Waals surface area (Å²) >= 11 is 14.7. The smallest absolute Gasteiger partial charge is 0.0219 e. The van der Waals surface area contributed by atoms with Crippen LogP contribution in [-0.4, -0.2) is 0 Å². The highest BCUT2D eigenvalue weighted by molar-refractivity contribution is 14.1. The number of benzene rings is 4. The van der Waals surface area contributed by atoms with Crippen LogP contribution in [0.5, 0.6) is 0 Å². The molecule has 0 nitrogen and oxygen atoms in total. The summed E-state index contributed by atoms with van der Waals surface area (Å²) in [7, 11) is 0. The molecule has 6 heteroatoms. The minimum Gasteiger partial charge on any atom is -0.0601 e. The molecule has 0 aliphatic rings. The van der Waals surface area contributed by atoms with Crippen molar-refractivity contribution < 1.29 is 0 Å². The Balaban J connectivity index is 1.64. The lowest BCUT2D eigenvalue weighted by atomic mass is 9.98. The first-order chi connectivity index (χ1) is 14.8. The van der Waals surface area contributed by atoms with Crippen LogP contribution in [0.3, 0.4) is 0 Å². The number of rotatable bonds is 4. The van der Waals surface area contributed by atoms with Gasteiger partial charge in [-0.05, 0) is 201 Å². The summed E-state index contributed by atoms with van der Waals surface area (Å²) in [5, 5.41) is 0. The zero-order chi connectivity index (χ0) is 22.1. The molecule has 31 heavy (non-hydrogen) atoms. The average molecular weight is 1080 g/mol. The largest absolute Gasteiger partial charge is 0.0601 e. The normalized spacial score (nSPS) is 11.0. The van der Waals surface area contributed by atoms with Crippen LogP contribution < -0.4 is 0 Å². The van der Waals surface area contributed by atoms with Gasteiger partial charge in [-0.25, -0.2) is 0 Å². The molecular formula is C25H14I6. The van der Waals surface area contributed by atoms with Gasteiger partial charge in [0.2, 0.25) is 0 Å². The van der Waals surface area contributed by atoms with E-state index in [0.717, 1.165) is 6.42 Å². The van der Waals surface area contributed by atoms with Crippen molar-refractivity contribution in [2.45, 2.75) is 6.42 Å². The molecule has 0 heterocycles. The van der Waals surface area contributed by atoms with Crippen LogP contribution in [0.25, 0.3) is 22.3 Å². The Bertz CT molecular complexity index is 1140. The van der Waals surface area contributed by atoms with E-state index < -0.39 is 0 Å². The molecule has 0 saturated heterocycles. The van der Waals surface area contributed by atoms with Crippen LogP contribution in [0.2, 0.25) is 0 Å². The van der Waals surface area contributed by atoms with Crippen molar-refractivity contribution in [3.63, 3.8) is 0 Å². The molecule has 0 unspecified atom stereocenters. The van der Waals surface area contributed by atoms with E-state index in [4.69, 9.17) is 0 Å². The minimum atomic E-state index is 0.947. The van der Waals surface area contributed by atoms with Crippen molar-refractivity contribution in [2.24, 2.45) is 0 Å². The summed E-state index contributed by atoms with van der Waals surface area (Å²) in [4.78, 5) is 0. The molecule has 0 atom stereocenters. The summed E-state index contributed by atoms with van der Waals surface area (Å²) < 4.78 is 7.81. The van der Waals surface area contributed by atoms with Gasteiger partial charge < -0.3 is 0 Å². The molecule has 0 bridgehead atoms. The Morgan fingerprint density at radius 2 is 0.774 bits per heavy atom. The second-order valence-corrected chi connectivity index (χ2v) is 14.0. The van der Waals surface area contributed by atoms with Gasteiger partial charge >= 0.3 is 0 Å². The highest BCUT2D eigenvalue weighted by atomic mass is 127. The Morgan fingerprint density at radius 1 is 0.419 bits per heavy atom. The van der Waals surface area contributed by atoms with Gasteiger partial charge in [0, 0.05) is 32.5 Å². The van der Waals surface area contributed by atoms with E-state index in [9.17, 15) is 0 Å². The molecule has 4 aromatic rings. The third-order valence-corrected chi connectivity index (χ3v) is 10.6. The number of hydrogen-bond donors (Lipinski definition) is 0. The van der Waals surface area contributed by atoms with E-state index >= 15 is 0 Å². The molecule has 0 amide bonds. The topological polar surface area (TPSA) is 0 Å². The highest BCUT2D eigenvalue weighted by Crippen LogP contribution is 2.34. The first kappa shape index (κ1) is 25.4. The van der Waals surface area contributed by atoms with E-state index in [0.29, 0.717) is 0 Å². The van der Waals surface area contributed by atoms with Crippen LogP contribution in [-0.2, 0) is 6.42 Å². The summed E-state index contributed by atoms with van der Waals surface area (Å²) in [6.45, 7) is 0. The molecule has 156 valence electrons. The Hall–Kier alpha value is 1.26. The standard InChI is InChI=1S/C25H14I6/c26-18-3-1-4-19(27)24(18)16-9-7-14(22(30)12-16)11-15-8-10-17(13-23(15)31)25-20(28)5-2-6-21(25)29/h1-10,12-13H,11H2. The fourth-order valence-corrected chi connectivity index (χ4v) is 9.13. The molecule has 0 aromatic heterocycles. The molecule has 0 fully saturated rings. The van der Waals surface area contributed by atoms with Gasteiger partial charge in [0.05, 0.1) is 0 Å². The van der Waals surface area contributed by atoms with Crippen molar-refractivity contribution in [2.75, 3.05) is 0 Å². The molecule has 0 spiro atoms. The molecule has 0 saturated carbocycles. The number of halogens is 6. The Morgan fingerprint density at radius 3 is 1.10 bits per heavy atom. The predicted octanol–water partition coefficient (Wildman–Crippen LogP) is 10.2. The second kappa shape index (κ2) is 11.3. The lowest BCUT2D eigenvalue weighted by Crippen LogP contribution is -1.97. The fourth-order valence-electron chi connectivity index (χ4n) is 3.44. The van der Waals surface area contributed by atoms with Gasteiger partial charge in [-0.2, -0.15) is 0 Å². The van der Waals surface area contributed by atoms with Crippen LogP contribution in [0.1, 0.15) is 11.1 Å². The van der Waals surface area contributed by atoms with Crippen LogP contribution in [0.15, 0.2) is 72.8 Å². The minimum absolute atomic E-state index is 0.947. The SMILES string of the molecule is Ic1cc(-c2c(I)cccc2I)ccc1Cc1ccc(-c2c(I)cccc2I)cc1I. The monoisotopic (exact) mass is 1080 g/mol. The lowest BCUT2D eigenvalue weighted by molar-refractivity contribution is 1.16. The molecule has 0 radical (unpaired) electrons. The van der Waals surface area contributed by atoms with Crippen molar-refractivity contribution in [1.29, 1.82) is 0 Å². The van der Waals surface area contributed by atoms with Gasteiger partial charge in [0.15, 0.2) is 0 Å². The Labute approximate surface area is 265 Å². The van der Waals surface area contributed by atoms with E-state index in [-0.39, 0.29) is 0 Å². The predicted molar refractivity (Wildman–Crippen MR) is 183 cm³/mol. The second-order valence-electron chi connectivity index (χ2n) is 6.98. The van der Waals surface area contributed by atoms with E-state index in [1.807, 2.05) is 0 Å². The van der Waals surface area contributed by atoms with Crippen molar-refractivity contribution in [3.8, 4) is 22.3 Å². The van der Waals surface area contributed by atoms with Gasteiger partial charge in [-0.1, -0.05) is 36.4 Å². The maximum Gasteiger partial charge on any atom is 0.0219 e. The quantitative estimate of drug-likeness (QED) is 0.179.